The Kier molecular flexibility index (Phi) is 0.618. The Bertz CT molecular complexity index is 30.6. The van der Waals surface area contributed by atoms with E-state index in [0.29, 0.717) is 0 Å². The van der Waals surface area contributed by atoms with E-state index in [1.165, 1.54) is 19.6 Å². The molecule has 1 saturated heterocycles. The summed E-state index contributed by atoms with van der Waals surface area (Å²) in [5.41, 5.74) is 0. The van der Waals surface area contributed by atoms with Crippen LogP contribution >= 0.6 is 0 Å². The second kappa shape index (κ2) is 0.977. The van der Waals surface area contributed by atoms with Gasteiger partial charge in [0.25, 0.3) is 0 Å². The van der Waals surface area contributed by atoms with Crippen LogP contribution in [0.5, 0.6) is 0 Å². The zero-order chi connectivity index (χ0) is 3.70. The SMILES string of the molecule is CC[NH+]1CC1. The van der Waals surface area contributed by atoms with Crippen LogP contribution in [0.4, 0.5) is 0 Å². The van der Waals surface area contributed by atoms with Crippen LogP contribution in [-0.2, 0) is 0 Å². The van der Waals surface area contributed by atoms with Gasteiger partial charge in [0.15, 0.2) is 0 Å². The van der Waals surface area contributed by atoms with Crippen LogP contribution < -0.4 is 4.90 Å². The topological polar surface area (TPSA) is 4.44 Å². The molecule has 1 aliphatic rings. The molecule has 0 radical (unpaired) electrons. The number of nitrogens with one attached hydrogen (secondary N) is 1. The highest BCUT2D eigenvalue weighted by Gasteiger charge is 2.18. The first-order valence-electron chi connectivity index (χ1n) is 2.27. The summed E-state index contributed by atoms with van der Waals surface area (Å²) in [6.45, 7) is 6.41. The summed E-state index contributed by atoms with van der Waals surface area (Å²) in [5.74, 6) is 0. The van der Waals surface area contributed by atoms with E-state index in [4.69, 9.17) is 0 Å². The lowest BCUT2D eigenvalue weighted by Gasteiger charge is -1.78. The Morgan fingerprint density at radius 1 is 1.60 bits per heavy atom. The van der Waals surface area contributed by atoms with Crippen molar-refractivity contribution < 1.29 is 4.90 Å². The smallest absolute Gasteiger partial charge is 0.127 e. The van der Waals surface area contributed by atoms with Gasteiger partial charge in [0.1, 0.15) is 13.1 Å². The van der Waals surface area contributed by atoms with E-state index in [2.05, 4.69) is 6.92 Å². The fourth-order valence-corrected chi connectivity index (χ4v) is 0.442. The summed E-state index contributed by atoms with van der Waals surface area (Å²) in [4.78, 5) is 1.75. The number of rotatable bonds is 1. The third-order valence-electron chi connectivity index (χ3n) is 1.10. The molecule has 0 spiro atoms. The van der Waals surface area contributed by atoms with E-state index < -0.39 is 0 Å². The van der Waals surface area contributed by atoms with Crippen LogP contribution in [0.2, 0.25) is 0 Å². The molecule has 30 valence electrons. The van der Waals surface area contributed by atoms with Crippen molar-refractivity contribution in [3.8, 4) is 0 Å². The average Bonchev–Trinajstić information content (AvgIpc) is 2.12. The summed E-state index contributed by atoms with van der Waals surface area (Å²) in [7, 11) is 0. The molecule has 1 aliphatic heterocycles. The van der Waals surface area contributed by atoms with E-state index >= 15 is 0 Å². The van der Waals surface area contributed by atoms with E-state index in [1.807, 2.05) is 0 Å². The van der Waals surface area contributed by atoms with Crippen LogP contribution in [0.3, 0.4) is 0 Å². The minimum absolute atomic E-state index is 1.33. The maximum atomic E-state index is 2.22. The van der Waals surface area contributed by atoms with Crippen LogP contribution in [0, 0.1) is 0 Å². The quantitative estimate of drug-likeness (QED) is 0.375. The molecule has 0 aromatic heterocycles. The number of quaternary nitrogens is 1. The van der Waals surface area contributed by atoms with E-state index in [9.17, 15) is 0 Å². The molecule has 1 fully saturated rings. The van der Waals surface area contributed by atoms with E-state index in [-0.39, 0.29) is 0 Å². The van der Waals surface area contributed by atoms with Gasteiger partial charge in [-0.15, -0.1) is 0 Å². The molecule has 1 rings (SSSR count). The van der Waals surface area contributed by atoms with Crippen molar-refractivity contribution in [2.75, 3.05) is 19.6 Å². The monoisotopic (exact) mass is 72.1 g/mol. The lowest BCUT2D eigenvalue weighted by atomic mass is 10.8. The Balaban J connectivity index is 2.00. The lowest BCUT2D eigenvalue weighted by Crippen LogP contribution is -2.91. The van der Waals surface area contributed by atoms with Crippen molar-refractivity contribution in [1.29, 1.82) is 0 Å². The van der Waals surface area contributed by atoms with Gasteiger partial charge in [-0.05, 0) is 6.92 Å². The zero-order valence-corrected chi connectivity index (χ0v) is 3.62. The third-order valence-corrected chi connectivity index (χ3v) is 1.10. The second-order valence-corrected chi connectivity index (χ2v) is 1.60. The van der Waals surface area contributed by atoms with Crippen molar-refractivity contribution in [3.63, 3.8) is 0 Å². The van der Waals surface area contributed by atoms with Gasteiger partial charge in [-0.2, -0.15) is 0 Å². The van der Waals surface area contributed by atoms with Gasteiger partial charge >= 0.3 is 0 Å². The predicted molar refractivity (Wildman–Crippen MR) is 21.2 cm³/mol. The van der Waals surface area contributed by atoms with Gasteiger partial charge in [-0.25, -0.2) is 0 Å². The summed E-state index contributed by atoms with van der Waals surface area (Å²) in [5, 5.41) is 0. The normalized spacial score (nSPS) is 23.4. The van der Waals surface area contributed by atoms with Crippen molar-refractivity contribution in [1.82, 2.24) is 0 Å². The number of likely N-dealkylation sites (N-methyl/N-ethyl adjacent to an activating group) is 1. The Labute approximate surface area is 32.6 Å². The van der Waals surface area contributed by atoms with Gasteiger partial charge in [-0.3, -0.25) is 0 Å². The van der Waals surface area contributed by atoms with Crippen molar-refractivity contribution in [2.24, 2.45) is 0 Å². The molecular formula is C4H10N+. The van der Waals surface area contributed by atoms with Crippen LogP contribution in [0.15, 0.2) is 0 Å². The van der Waals surface area contributed by atoms with Gasteiger partial charge in [0.05, 0.1) is 6.54 Å². The first kappa shape index (κ1) is 3.16. The molecule has 5 heavy (non-hydrogen) atoms. The van der Waals surface area contributed by atoms with Crippen LogP contribution in [0.25, 0.3) is 0 Å². The molecule has 1 N–H and O–H groups in total. The zero-order valence-electron chi connectivity index (χ0n) is 3.62. The molecule has 1 nitrogen and oxygen atoms in total. The fourth-order valence-electron chi connectivity index (χ4n) is 0.442. The first-order chi connectivity index (χ1) is 2.43. The van der Waals surface area contributed by atoms with Crippen LogP contribution in [-0.4, -0.2) is 19.6 Å². The maximum absolute atomic E-state index is 2.22. The first-order valence-corrected chi connectivity index (χ1v) is 2.27. The number of hydrogen-bond donors (Lipinski definition) is 1. The molecule has 0 aromatic carbocycles. The highest BCUT2D eigenvalue weighted by Crippen LogP contribution is 1.57. The van der Waals surface area contributed by atoms with Crippen LogP contribution in [0.1, 0.15) is 6.92 Å². The Morgan fingerprint density at radius 3 is 2.20 bits per heavy atom. The molecule has 0 bridgehead atoms. The minimum atomic E-state index is 1.33. The van der Waals surface area contributed by atoms with Crippen molar-refractivity contribution in [2.45, 2.75) is 6.92 Å². The molecule has 0 aliphatic carbocycles. The summed E-state index contributed by atoms with van der Waals surface area (Å²) < 4.78 is 0. The standard InChI is InChI=1S/C4H9N/c1-2-5-3-4-5/h2-4H2,1H3/p+1. The van der Waals surface area contributed by atoms with Gasteiger partial charge in [0, 0.05) is 0 Å². The predicted octanol–water partition coefficient (Wildman–Crippen LogP) is -1.10. The summed E-state index contributed by atoms with van der Waals surface area (Å²) in [6.07, 6.45) is 0. The Morgan fingerprint density at radius 2 is 2.20 bits per heavy atom. The molecule has 0 saturated carbocycles. The second-order valence-electron chi connectivity index (χ2n) is 1.60. The molecule has 0 atom stereocenters. The fraction of sp³-hybridized carbons (Fsp3) is 1.00. The lowest BCUT2D eigenvalue weighted by molar-refractivity contribution is -0.756. The molecule has 1 heterocycles. The maximum Gasteiger partial charge on any atom is 0.127 e. The van der Waals surface area contributed by atoms with E-state index in [0.717, 1.165) is 0 Å². The third kappa shape index (κ3) is 0.618. The molecule has 0 unspecified atom stereocenters. The molecule has 1 heteroatoms. The summed E-state index contributed by atoms with van der Waals surface area (Å²) in [6, 6.07) is 0. The number of hydrogen-bond acceptors (Lipinski definition) is 0. The van der Waals surface area contributed by atoms with Gasteiger partial charge < -0.3 is 4.90 Å². The van der Waals surface area contributed by atoms with Crippen molar-refractivity contribution in [3.05, 3.63) is 0 Å². The van der Waals surface area contributed by atoms with Gasteiger partial charge in [-0.1, -0.05) is 0 Å². The highest BCUT2D eigenvalue weighted by molar-refractivity contribution is 4.34. The Hall–Kier alpha value is -0.0400. The summed E-state index contributed by atoms with van der Waals surface area (Å²) >= 11 is 0. The highest BCUT2D eigenvalue weighted by atomic mass is 15.2. The van der Waals surface area contributed by atoms with E-state index in [1.54, 1.807) is 4.90 Å². The van der Waals surface area contributed by atoms with Gasteiger partial charge in [0.2, 0.25) is 0 Å². The largest absolute Gasteiger partial charge is 0.326 e. The molecule has 0 aromatic rings. The average molecular weight is 72.1 g/mol. The molecular weight excluding hydrogens is 62.1 g/mol. The van der Waals surface area contributed by atoms with Crippen molar-refractivity contribution >= 4 is 0 Å². The minimum Gasteiger partial charge on any atom is -0.326 e. The molecule has 0 amide bonds.